The summed E-state index contributed by atoms with van der Waals surface area (Å²) < 4.78 is 7.22. The molecular formula is C28H29ClN4O3S. The first-order chi connectivity index (χ1) is 17.5. The van der Waals surface area contributed by atoms with E-state index >= 15 is 0 Å². The Morgan fingerprint density at radius 2 is 1.78 bits per heavy atom. The van der Waals surface area contributed by atoms with Crippen molar-refractivity contribution in [1.82, 2.24) is 14.8 Å². The molecule has 9 heteroatoms. The summed E-state index contributed by atoms with van der Waals surface area (Å²) in [4.78, 5) is 31.1. The van der Waals surface area contributed by atoms with E-state index in [2.05, 4.69) is 31.1 Å². The fourth-order valence-corrected chi connectivity index (χ4v) is 4.73. The van der Waals surface area contributed by atoms with Gasteiger partial charge < -0.3 is 10.1 Å². The summed E-state index contributed by atoms with van der Waals surface area (Å²) in [6.07, 6.45) is 0.678. The molecule has 2 atom stereocenters. The van der Waals surface area contributed by atoms with Crippen LogP contribution in [0.25, 0.3) is 16.6 Å². The van der Waals surface area contributed by atoms with Crippen molar-refractivity contribution in [2.75, 3.05) is 5.32 Å². The van der Waals surface area contributed by atoms with Crippen LogP contribution >= 0.6 is 23.4 Å². The number of nitrogens with zero attached hydrogens (tertiary/aromatic N) is 3. The molecule has 2 aromatic carbocycles. The van der Waals surface area contributed by atoms with E-state index < -0.39 is 23.2 Å². The Labute approximate surface area is 225 Å². The molecule has 37 heavy (non-hydrogen) atoms. The summed E-state index contributed by atoms with van der Waals surface area (Å²) in [6.45, 7) is 9.48. The number of amides is 1. The number of anilines is 1. The van der Waals surface area contributed by atoms with E-state index in [0.717, 1.165) is 27.2 Å². The molecule has 1 N–H and O–H groups in total. The van der Waals surface area contributed by atoms with E-state index in [1.807, 2.05) is 48.5 Å². The van der Waals surface area contributed by atoms with Gasteiger partial charge in [0.15, 0.2) is 6.10 Å². The smallest absolute Gasteiger partial charge is 0.319 e. The van der Waals surface area contributed by atoms with E-state index in [4.69, 9.17) is 21.4 Å². The summed E-state index contributed by atoms with van der Waals surface area (Å²) in [5.74, 6) is -0.418. The molecule has 4 aromatic rings. The van der Waals surface area contributed by atoms with E-state index in [1.165, 1.54) is 11.8 Å². The highest BCUT2D eigenvalue weighted by atomic mass is 35.5. The Hall–Kier alpha value is -3.36. The molecule has 2 unspecified atom stereocenters. The van der Waals surface area contributed by atoms with Crippen molar-refractivity contribution >= 4 is 52.0 Å². The number of halogens is 1. The minimum atomic E-state index is -0.999. The third kappa shape index (κ3) is 6.32. The lowest BCUT2D eigenvalue weighted by Gasteiger charge is -2.17. The van der Waals surface area contributed by atoms with Gasteiger partial charge in [-0.1, -0.05) is 56.6 Å². The van der Waals surface area contributed by atoms with Crippen molar-refractivity contribution in [2.24, 2.45) is 0 Å². The van der Waals surface area contributed by atoms with Crippen LogP contribution in [0.2, 0.25) is 5.02 Å². The molecule has 0 fully saturated rings. The van der Waals surface area contributed by atoms with Gasteiger partial charge in [0.05, 0.1) is 16.9 Å². The molecule has 0 aliphatic rings. The zero-order valence-corrected chi connectivity index (χ0v) is 22.9. The molecule has 2 heterocycles. The van der Waals surface area contributed by atoms with Crippen LogP contribution in [-0.2, 0) is 19.7 Å². The maximum absolute atomic E-state index is 13.0. The minimum absolute atomic E-state index is 0.216. The second-order valence-electron chi connectivity index (χ2n) is 9.71. The van der Waals surface area contributed by atoms with Gasteiger partial charge in [0.25, 0.3) is 5.91 Å². The Morgan fingerprint density at radius 1 is 1.05 bits per heavy atom. The van der Waals surface area contributed by atoms with Crippen molar-refractivity contribution < 1.29 is 14.3 Å². The monoisotopic (exact) mass is 536 g/mol. The van der Waals surface area contributed by atoms with Gasteiger partial charge in [-0.25, -0.2) is 4.68 Å². The van der Waals surface area contributed by atoms with Gasteiger partial charge >= 0.3 is 5.97 Å². The largest absolute Gasteiger partial charge is 0.452 e. The van der Waals surface area contributed by atoms with Gasteiger partial charge in [-0.2, -0.15) is 5.10 Å². The molecule has 0 bridgehead atoms. The molecule has 4 rings (SSSR count). The predicted molar refractivity (Wildman–Crippen MR) is 149 cm³/mol. The summed E-state index contributed by atoms with van der Waals surface area (Å²) in [5.41, 5.74) is 2.17. The zero-order valence-electron chi connectivity index (χ0n) is 21.4. The maximum atomic E-state index is 13.0. The number of rotatable bonds is 7. The van der Waals surface area contributed by atoms with Gasteiger partial charge in [-0.3, -0.25) is 14.6 Å². The van der Waals surface area contributed by atoms with Crippen LogP contribution in [0.1, 0.15) is 40.3 Å². The molecule has 0 aliphatic heterocycles. The van der Waals surface area contributed by atoms with Gasteiger partial charge in [0, 0.05) is 33.0 Å². The second kappa shape index (κ2) is 10.9. The number of carbonyl (C=O) groups is 2. The predicted octanol–water partition coefficient (Wildman–Crippen LogP) is 6.42. The molecule has 192 valence electrons. The highest BCUT2D eigenvalue weighted by Gasteiger charge is 2.26. The SMILES string of the molecule is CC(OC(=O)C(C)Sc1ccnc2cc(Cl)ccc12)C(=O)Nc1cc(C(C)(C)C)nn1-c1ccccc1. The van der Waals surface area contributed by atoms with Crippen molar-refractivity contribution in [2.45, 2.75) is 56.3 Å². The van der Waals surface area contributed by atoms with Gasteiger partial charge in [-0.05, 0) is 44.2 Å². The fourth-order valence-electron chi connectivity index (χ4n) is 3.59. The van der Waals surface area contributed by atoms with E-state index in [-0.39, 0.29) is 5.41 Å². The van der Waals surface area contributed by atoms with Crippen LogP contribution in [0, 0.1) is 0 Å². The Bertz CT molecular complexity index is 1430. The second-order valence-corrected chi connectivity index (χ2v) is 11.5. The number of aromatic nitrogens is 3. The lowest BCUT2D eigenvalue weighted by Crippen LogP contribution is -2.33. The normalized spacial score (nSPS) is 13.2. The number of carbonyl (C=O) groups excluding carboxylic acids is 2. The number of thioether (sulfide) groups is 1. The molecule has 2 aromatic heterocycles. The van der Waals surface area contributed by atoms with Gasteiger partial charge in [-0.15, -0.1) is 11.8 Å². The van der Waals surface area contributed by atoms with Crippen molar-refractivity contribution in [3.05, 3.63) is 77.6 Å². The molecule has 1 amide bonds. The summed E-state index contributed by atoms with van der Waals surface area (Å²) in [7, 11) is 0. The summed E-state index contributed by atoms with van der Waals surface area (Å²) in [5, 5.41) is 8.54. The molecule has 0 radical (unpaired) electrons. The number of ether oxygens (including phenoxy) is 1. The van der Waals surface area contributed by atoms with Gasteiger partial charge in [0.1, 0.15) is 11.1 Å². The van der Waals surface area contributed by atoms with Crippen LogP contribution < -0.4 is 5.32 Å². The quantitative estimate of drug-likeness (QED) is 0.216. The van der Waals surface area contributed by atoms with Crippen LogP contribution in [0.3, 0.4) is 0 Å². The standard InChI is InChI=1S/C28H29ClN4O3S/c1-17(36-27(35)18(2)37-23-13-14-30-22-15-19(29)11-12-21(22)23)26(34)31-25-16-24(28(3,4)5)32-33(25)20-9-7-6-8-10-20/h6-18H,1-5H3,(H,31,34). The summed E-state index contributed by atoms with van der Waals surface area (Å²) >= 11 is 7.42. The number of nitrogens with one attached hydrogen (secondary N) is 1. The molecule has 0 spiro atoms. The van der Waals surface area contributed by atoms with Crippen molar-refractivity contribution in [3.8, 4) is 5.69 Å². The van der Waals surface area contributed by atoms with Crippen molar-refractivity contribution in [3.63, 3.8) is 0 Å². The summed E-state index contributed by atoms with van der Waals surface area (Å²) in [6, 6.07) is 18.7. The van der Waals surface area contributed by atoms with Crippen LogP contribution in [-0.4, -0.2) is 38.0 Å². The number of esters is 1. The number of benzene rings is 2. The molecule has 0 saturated carbocycles. The number of hydrogen-bond acceptors (Lipinski definition) is 6. The lowest BCUT2D eigenvalue weighted by atomic mass is 9.92. The van der Waals surface area contributed by atoms with Crippen LogP contribution in [0.15, 0.2) is 71.8 Å². The lowest BCUT2D eigenvalue weighted by molar-refractivity contribution is -0.152. The van der Waals surface area contributed by atoms with Crippen LogP contribution in [0.5, 0.6) is 0 Å². The first kappa shape index (κ1) is 26.7. The average Bonchev–Trinajstić information content (AvgIpc) is 3.28. The maximum Gasteiger partial charge on any atom is 0.319 e. The number of para-hydroxylation sites is 1. The first-order valence-electron chi connectivity index (χ1n) is 11.9. The zero-order chi connectivity index (χ0) is 26.7. The van der Waals surface area contributed by atoms with E-state index in [9.17, 15) is 9.59 Å². The highest BCUT2D eigenvalue weighted by molar-refractivity contribution is 8.00. The Balaban J connectivity index is 1.45. The number of hydrogen-bond donors (Lipinski definition) is 1. The topological polar surface area (TPSA) is 86.1 Å². The molecular weight excluding hydrogens is 508 g/mol. The van der Waals surface area contributed by atoms with Gasteiger partial charge in [0.2, 0.25) is 0 Å². The van der Waals surface area contributed by atoms with E-state index in [1.54, 1.807) is 36.9 Å². The number of fused-ring (bicyclic) bond motifs is 1. The molecule has 0 aliphatic carbocycles. The average molecular weight is 537 g/mol. The number of pyridine rings is 1. The van der Waals surface area contributed by atoms with Crippen molar-refractivity contribution in [1.29, 1.82) is 0 Å². The fraction of sp³-hybridized carbons (Fsp3) is 0.286. The Kier molecular flexibility index (Phi) is 7.90. The third-order valence-electron chi connectivity index (χ3n) is 5.69. The highest BCUT2D eigenvalue weighted by Crippen LogP contribution is 2.32. The first-order valence-corrected chi connectivity index (χ1v) is 13.2. The van der Waals surface area contributed by atoms with E-state index in [0.29, 0.717) is 10.8 Å². The molecule has 7 nitrogen and oxygen atoms in total. The Morgan fingerprint density at radius 3 is 2.49 bits per heavy atom. The minimum Gasteiger partial charge on any atom is -0.452 e. The van der Waals surface area contributed by atoms with Crippen LogP contribution in [0.4, 0.5) is 5.82 Å². The third-order valence-corrected chi connectivity index (χ3v) is 7.08. The molecule has 0 saturated heterocycles.